The predicted octanol–water partition coefficient (Wildman–Crippen LogP) is 3.67. The first-order chi connectivity index (χ1) is 8.65. The number of fused-ring (bicyclic) bond motifs is 1. The van der Waals surface area contributed by atoms with Gasteiger partial charge in [0, 0.05) is 30.2 Å². The lowest BCUT2D eigenvalue weighted by Crippen LogP contribution is -2.55. The van der Waals surface area contributed by atoms with Crippen LogP contribution in [0.5, 0.6) is 0 Å². The first-order valence-corrected chi connectivity index (χ1v) is 7.36. The van der Waals surface area contributed by atoms with Crippen molar-refractivity contribution in [1.82, 2.24) is 4.90 Å². The monoisotopic (exact) mass is 284 g/mol. The molecule has 2 aliphatic heterocycles. The standard InChI is InChI=1S/C14H18Cl2N2/c1-10-8-17-6-2-3-12(17)9-18(10)14-5-4-11(15)7-13(14)16/h4-5,7,10,12H,2-3,6,8-9H2,1H3. The van der Waals surface area contributed by atoms with Crippen LogP contribution in [0.25, 0.3) is 0 Å². The van der Waals surface area contributed by atoms with Crippen LogP contribution in [-0.4, -0.2) is 36.6 Å². The Hall–Kier alpha value is -0.440. The van der Waals surface area contributed by atoms with Crippen molar-refractivity contribution in [3.8, 4) is 0 Å². The Morgan fingerprint density at radius 2 is 2.06 bits per heavy atom. The summed E-state index contributed by atoms with van der Waals surface area (Å²) in [6.07, 6.45) is 2.65. The quantitative estimate of drug-likeness (QED) is 0.777. The Morgan fingerprint density at radius 1 is 1.22 bits per heavy atom. The third kappa shape index (κ3) is 2.22. The Balaban J connectivity index is 1.86. The average Bonchev–Trinajstić information content (AvgIpc) is 2.75. The number of piperazine rings is 1. The van der Waals surface area contributed by atoms with Crippen LogP contribution >= 0.6 is 23.2 Å². The highest BCUT2D eigenvalue weighted by molar-refractivity contribution is 6.36. The van der Waals surface area contributed by atoms with E-state index in [2.05, 4.69) is 16.7 Å². The third-order valence-electron chi connectivity index (χ3n) is 4.16. The average molecular weight is 285 g/mol. The number of anilines is 1. The van der Waals surface area contributed by atoms with Crippen LogP contribution < -0.4 is 4.90 Å². The second kappa shape index (κ2) is 4.92. The van der Waals surface area contributed by atoms with Gasteiger partial charge in [0.25, 0.3) is 0 Å². The molecule has 0 spiro atoms. The SMILES string of the molecule is CC1CN2CCCC2CN1c1ccc(Cl)cc1Cl. The van der Waals surface area contributed by atoms with E-state index in [1.54, 1.807) is 0 Å². The van der Waals surface area contributed by atoms with Gasteiger partial charge in [-0.3, -0.25) is 4.90 Å². The Morgan fingerprint density at radius 3 is 2.83 bits per heavy atom. The first-order valence-electron chi connectivity index (χ1n) is 6.61. The van der Waals surface area contributed by atoms with Crippen LogP contribution in [0.3, 0.4) is 0 Å². The lowest BCUT2D eigenvalue weighted by atomic mass is 10.1. The van der Waals surface area contributed by atoms with Gasteiger partial charge in [-0.15, -0.1) is 0 Å². The molecule has 0 saturated carbocycles. The van der Waals surface area contributed by atoms with Gasteiger partial charge in [0.05, 0.1) is 10.7 Å². The van der Waals surface area contributed by atoms with Crippen LogP contribution in [-0.2, 0) is 0 Å². The van der Waals surface area contributed by atoms with Gasteiger partial charge in [0.1, 0.15) is 0 Å². The van der Waals surface area contributed by atoms with Gasteiger partial charge in [-0.05, 0) is 44.5 Å². The van der Waals surface area contributed by atoms with Crippen LogP contribution in [0.15, 0.2) is 18.2 Å². The van der Waals surface area contributed by atoms with Gasteiger partial charge in [0.2, 0.25) is 0 Å². The number of hydrogen-bond acceptors (Lipinski definition) is 2. The molecule has 0 aliphatic carbocycles. The molecule has 2 heterocycles. The lowest BCUT2D eigenvalue weighted by Gasteiger charge is -2.44. The summed E-state index contributed by atoms with van der Waals surface area (Å²) in [4.78, 5) is 5.05. The molecule has 2 atom stereocenters. The summed E-state index contributed by atoms with van der Waals surface area (Å²) in [5.41, 5.74) is 1.13. The van der Waals surface area contributed by atoms with Gasteiger partial charge in [0.15, 0.2) is 0 Å². The zero-order valence-corrected chi connectivity index (χ0v) is 12.1. The molecule has 2 nitrogen and oxygen atoms in total. The van der Waals surface area contributed by atoms with Gasteiger partial charge >= 0.3 is 0 Å². The molecule has 0 N–H and O–H groups in total. The van der Waals surface area contributed by atoms with Crippen molar-refractivity contribution < 1.29 is 0 Å². The molecule has 0 radical (unpaired) electrons. The molecule has 2 unspecified atom stereocenters. The van der Waals surface area contributed by atoms with E-state index in [4.69, 9.17) is 23.2 Å². The van der Waals surface area contributed by atoms with Crippen LogP contribution in [0.4, 0.5) is 5.69 Å². The number of benzene rings is 1. The molecule has 4 heteroatoms. The number of hydrogen-bond donors (Lipinski definition) is 0. The molecule has 2 saturated heterocycles. The van der Waals surface area contributed by atoms with E-state index in [-0.39, 0.29) is 0 Å². The zero-order valence-electron chi connectivity index (χ0n) is 10.6. The molecule has 18 heavy (non-hydrogen) atoms. The molecule has 0 bridgehead atoms. The van der Waals surface area contributed by atoms with Crippen molar-refractivity contribution in [2.24, 2.45) is 0 Å². The number of nitrogens with zero attached hydrogens (tertiary/aromatic N) is 2. The van der Waals surface area contributed by atoms with Crippen molar-refractivity contribution >= 4 is 28.9 Å². The van der Waals surface area contributed by atoms with Crippen molar-refractivity contribution in [3.63, 3.8) is 0 Å². The molecular weight excluding hydrogens is 267 g/mol. The van der Waals surface area contributed by atoms with Crippen molar-refractivity contribution in [2.45, 2.75) is 31.8 Å². The fourth-order valence-electron chi connectivity index (χ4n) is 3.24. The Labute approximate surface area is 118 Å². The Kier molecular flexibility index (Phi) is 3.44. The summed E-state index contributed by atoms with van der Waals surface area (Å²) < 4.78 is 0. The molecule has 1 aromatic rings. The summed E-state index contributed by atoms with van der Waals surface area (Å²) in [5, 5.41) is 1.47. The second-order valence-electron chi connectivity index (χ2n) is 5.39. The maximum Gasteiger partial charge on any atom is 0.0654 e. The maximum atomic E-state index is 6.33. The number of halogens is 2. The highest BCUT2D eigenvalue weighted by Gasteiger charge is 2.34. The topological polar surface area (TPSA) is 6.48 Å². The number of rotatable bonds is 1. The minimum atomic E-state index is 0.512. The lowest BCUT2D eigenvalue weighted by molar-refractivity contribution is 0.203. The Bertz CT molecular complexity index is 449. The minimum absolute atomic E-state index is 0.512. The molecule has 2 aliphatic rings. The largest absolute Gasteiger partial charge is 0.365 e. The summed E-state index contributed by atoms with van der Waals surface area (Å²) in [6, 6.07) is 7.03. The third-order valence-corrected chi connectivity index (χ3v) is 4.69. The maximum absolute atomic E-state index is 6.33. The van der Waals surface area contributed by atoms with Gasteiger partial charge < -0.3 is 4.90 Å². The van der Waals surface area contributed by atoms with E-state index in [1.165, 1.54) is 19.4 Å². The first kappa shape index (κ1) is 12.6. The van der Waals surface area contributed by atoms with Crippen LogP contribution in [0.1, 0.15) is 19.8 Å². The summed E-state index contributed by atoms with van der Waals surface area (Å²) in [5.74, 6) is 0. The fraction of sp³-hybridized carbons (Fsp3) is 0.571. The fourth-order valence-corrected chi connectivity index (χ4v) is 3.75. The van der Waals surface area contributed by atoms with Crippen molar-refractivity contribution in [3.05, 3.63) is 28.2 Å². The molecule has 0 amide bonds. The van der Waals surface area contributed by atoms with Crippen LogP contribution in [0.2, 0.25) is 10.0 Å². The van der Waals surface area contributed by atoms with E-state index >= 15 is 0 Å². The second-order valence-corrected chi connectivity index (χ2v) is 6.23. The molecule has 3 rings (SSSR count). The van der Waals surface area contributed by atoms with Crippen molar-refractivity contribution in [2.75, 3.05) is 24.5 Å². The van der Waals surface area contributed by atoms with Crippen LogP contribution in [0, 0.1) is 0 Å². The molecule has 2 fully saturated rings. The van der Waals surface area contributed by atoms with Gasteiger partial charge in [-0.2, -0.15) is 0 Å². The minimum Gasteiger partial charge on any atom is -0.365 e. The molecule has 0 aromatic heterocycles. The van der Waals surface area contributed by atoms with E-state index < -0.39 is 0 Å². The zero-order chi connectivity index (χ0) is 12.7. The highest BCUT2D eigenvalue weighted by Crippen LogP contribution is 2.34. The smallest absolute Gasteiger partial charge is 0.0654 e. The molecular formula is C14H18Cl2N2. The van der Waals surface area contributed by atoms with E-state index in [0.29, 0.717) is 17.1 Å². The summed E-state index contributed by atoms with van der Waals surface area (Å²) in [7, 11) is 0. The predicted molar refractivity (Wildman–Crippen MR) is 77.9 cm³/mol. The van der Waals surface area contributed by atoms with Gasteiger partial charge in [-0.1, -0.05) is 23.2 Å². The van der Waals surface area contributed by atoms with E-state index in [0.717, 1.165) is 23.8 Å². The van der Waals surface area contributed by atoms with E-state index in [1.807, 2.05) is 18.2 Å². The normalized spacial score (nSPS) is 28.5. The highest BCUT2D eigenvalue weighted by atomic mass is 35.5. The summed E-state index contributed by atoms with van der Waals surface area (Å²) >= 11 is 12.3. The molecule has 98 valence electrons. The summed E-state index contributed by atoms with van der Waals surface area (Å²) in [6.45, 7) is 5.77. The molecule has 1 aromatic carbocycles. The van der Waals surface area contributed by atoms with E-state index in [9.17, 15) is 0 Å². The van der Waals surface area contributed by atoms with Crippen molar-refractivity contribution in [1.29, 1.82) is 0 Å². The van der Waals surface area contributed by atoms with Gasteiger partial charge in [-0.25, -0.2) is 0 Å².